The number of rotatable bonds is 11. The molecule has 1 aliphatic carbocycles. The lowest BCUT2D eigenvalue weighted by Gasteiger charge is -2.38. The number of hydrogen-bond donors (Lipinski definition) is 3. The van der Waals surface area contributed by atoms with E-state index < -0.39 is 12.1 Å². The van der Waals surface area contributed by atoms with Gasteiger partial charge in [0.1, 0.15) is 17.0 Å². The molecule has 3 heterocycles. The van der Waals surface area contributed by atoms with Gasteiger partial charge in [0, 0.05) is 43.2 Å². The van der Waals surface area contributed by atoms with E-state index in [1.807, 2.05) is 30.3 Å². The van der Waals surface area contributed by atoms with Crippen LogP contribution in [0.15, 0.2) is 65.6 Å². The molecular weight excluding hydrogens is 592 g/mol. The average molecular weight is 641 g/mol. The number of nitrogens with one attached hydrogen (secondary N) is 2. The SMILES string of the molecule is CCc1ccc2c(c1)[C@@H](NCC[C@@H](NC(=O)c1cc(N3CCCC3=O)c(=O)n(C3CCCC3)c1)C(O)c1ccccc1)CC(C)(C)O2. The first-order chi connectivity index (χ1) is 22.6. The summed E-state index contributed by atoms with van der Waals surface area (Å²) in [7, 11) is 0. The van der Waals surface area contributed by atoms with Crippen LogP contribution in [0.1, 0.15) is 117 Å². The zero-order valence-electron chi connectivity index (χ0n) is 27.8. The third kappa shape index (κ3) is 7.31. The van der Waals surface area contributed by atoms with E-state index in [-0.39, 0.29) is 40.7 Å². The van der Waals surface area contributed by atoms with Crippen LogP contribution >= 0.6 is 0 Å². The number of benzene rings is 2. The Hall–Kier alpha value is -3.95. The first kappa shape index (κ1) is 33.0. The van der Waals surface area contributed by atoms with E-state index in [9.17, 15) is 19.5 Å². The van der Waals surface area contributed by atoms with Crippen LogP contribution < -0.4 is 25.8 Å². The molecule has 1 aromatic heterocycles. The largest absolute Gasteiger partial charge is 0.487 e. The van der Waals surface area contributed by atoms with Gasteiger partial charge in [0.05, 0.1) is 17.7 Å². The van der Waals surface area contributed by atoms with Crippen molar-refractivity contribution in [1.82, 2.24) is 15.2 Å². The second kappa shape index (κ2) is 14.0. The molecule has 3 N–H and O–H groups in total. The number of aliphatic hydroxyl groups is 1. The number of ether oxygens (including phenoxy) is 1. The van der Waals surface area contributed by atoms with Gasteiger partial charge in [0.25, 0.3) is 11.5 Å². The third-order valence-corrected chi connectivity index (χ3v) is 9.99. The second-order valence-corrected chi connectivity index (χ2v) is 13.9. The number of anilines is 1. The molecule has 9 nitrogen and oxygen atoms in total. The molecule has 3 atom stereocenters. The van der Waals surface area contributed by atoms with Gasteiger partial charge in [-0.25, -0.2) is 0 Å². The summed E-state index contributed by atoms with van der Waals surface area (Å²) in [6.07, 6.45) is 7.74. The number of aromatic nitrogens is 1. The van der Waals surface area contributed by atoms with E-state index in [0.29, 0.717) is 43.5 Å². The topological polar surface area (TPSA) is 113 Å². The Balaban J connectivity index is 1.26. The molecule has 47 heavy (non-hydrogen) atoms. The van der Waals surface area contributed by atoms with Crippen molar-refractivity contribution in [2.45, 2.75) is 108 Å². The molecule has 3 aliphatic rings. The van der Waals surface area contributed by atoms with Crippen LogP contribution in [0.2, 0.25) is 0 Å². The minimum atomic E-state index is -0.951. The summed E-state index contributed by atoms with van der Waals surface area (Å²) in [5, 5.41) is 18.4. The molecule has 1 saturated carbocycles. The molecule has 6 rings (SSSR count). The number of carbonyl (C=O) groups excluding carboxylic acids is 2. The van der Waals surface area contributed by atoms with Gasteiger partial charge in [-0.05, 0) is 75.8 Å². The summed E-state index contributed by atoms with van der Waals surface area (Å²) < 4.78 is 7.96. The lowest BCUT2D eigenvalue weighted by Crippen LogP contribution is -2.44. The van der Waals surface area contributed by atoms with Crippen molar-refractivity contribution in [1.29, 1.82) is 0 Å². The molecule has 9 heteroatoms. The standard InChI is InChI=1S/C38H48N4O5/c1-4-25-16-17-33-29(21-25)31(23-38(2,3)47-33)39-19-18-30(35(44)26-11-6-5-7-12-26)40-36(45)27-22-32(41-20-10-15-34(41)43)37(46)42(24-27)28-13-8-9-14-28/h5-7,11-12,16-17,21-22,24,28,30-31,35,39,44H,4,8-10,13-15,18-20,23H2,1-3H3,(H,40,45)/t30-,31+,35?/m1/s1. The fourth-order valence-corrected chi connectivity index (χ4v) is 7.42. The van der Waals surface area contributed by atoms with Crippen LogP contribution in [-0.2, 0) is 11.2 Å². The number of aliphatic hydroxyl groups excluding tert-OH is 1. The van der Waals surface area contributed by atoms with Gasteiger partial charge in [-0.2, -0.15) is 0 Å². The molecule has 1 saturated heterocycles. The highest BCUT2D eigenvalue weighted by atomic mass is 16.5. The molecule has 2 aromatic carbocycles. The van der Waals surface area contributed by atoms with Crippen molar-refractivity contribution in [2.24, 2.45) is 0 Å². The minimum Gasteiger partial charge on any atom is -0.487 e. The van der Waals surface area contributed by atoms with Crippen molar-refractivity contribution in [3.8, 4) is 5.75 Å². The highest BCUT2D eigenvalue weighted by Gasteiger charge is 2.34. The number of pyridine rings is 1. The Morgan fingerprint density at radius 1 is 1.06 bits per heavy atom. The van der Waals surface area contributed by atoms with E-state index >= 15 is 0 Å². The van der Waals surface area contributed by atoms with Crippen molar-refractivity contribution in [3.05, 3.63) is 93.4 Å². The summed E-state index contributed by atoms with van der Waals surface area (Å²) in [5.41, 5.74) is 3.11. The van der Waals surface area contributed by atoms with Gasteiger partial charge < -0.3 is 29.9 Å². The Bertz CT molecular complexity index is 1650. The van der Waals surface area contributed by atoms with Crippen LogP contribution in [0.5, 0.6) is 5.75 Å². The van der Waals surface area contributed by atoms with Gasteiger partial charge in [-0.3, -0.25) is 14.4 Å². The third-order valence-electron chi connectivity index (χ3n) is 9.99. The molecule has 0 radical (unpaired) electrons. The highest BCUT2D eigenvalue weighted by Crippen LogP contribution is 2.40. The average Bonchev–Trinajstić information content (AvgIpc) is 3.76. The number of nitrogens with zero attached hydrogens (tertiary/aromatic N) is 2. The van der Waals surface area contributed by atoms with Crippen molar-refractivity contribution >= 4 is 17.5 Å². The second-order valence-electron chi connectivity index (χ2n) is 13.9. The molecule has 2 aliphatic heterocycles. The van der Waals surface area contributed by atoms with Gasteiger partial charge in [0.2, 0.25) is 5.91 Å². The van der Waals surface area contributed by atoms with Crippen molar-refractivity contribution in [3.63, 3.8) is 0 Å². The van der Waals surface area contributed by atoms with Crippen LogP contribution in [0, 0.1) is 0 Å². The monoisotopic (exact) mass is 640 g/mol. The highest BCUT2D eigenvalue weighted by molar-refractivity contribution is 5.98. The summed E-state index contributed by atoms with van der Waals surface area (Å²) >= 11 is 0. The van der Waals surface area contributed by atoms with Gasteiger partial charge in [-0.15, -0.1) is 0 Å². The normalized spacial score (nSPS) is 20.5. The van der Waals surface area contributed by atoms with Crippen molar-refractivity contribution < 1.29 is 19.4 Å². The number of aryl methyl sites for hydroxylation is 1. The molecule has 250 valence electrons. The van der Waals surface area contributed by atoms with E-state index in [2.05, 4.69) is 49.6 Å². The maximum Gasteiger partial charge on any atom is 0.274 e. The summed E-state index contributed by atoms with van der Waals surface area (Å²) in [4.78, 5) is 41.9. The number of hydrogen-bond acceptors (Lipinski definition) is 6. The minimum absolute atomic E-state index is 0.00133. The smallest absolute Gasteiger partial charge is 0.274 e. The molecule has 2 fully saturated rings. The lowest BCUT2D eigenvalue weighted by molar-refractivity contribution is -0.117. The fraction of sp³-hybridized carbons (Fsp3) is 0.500. The van der Waals surface area contributed by atoms with Crippen molar-refractivity contribution in [2.75, 3.05) is 18.0 Å². The summed E-state index contributed by atoms with van der Waals surface area (Å²) in [6, 6.07) is 16.7. The van der Waals surface area contributed by atoms with Gasteiger partial charge in [0.15, 0.2) is 0 Å². The van der Waals surface area contributed by atoms with E-state index in [1.54, 1.807) is 16.8 Å². The number of carbonyl (C=O) groups is 2. The summed E-state index contributed by atoms with van der Waals surface area (Å²) in [5.74, 6) is 0.412. The Labute approximate surface area is 277 Å². The Morgan fingerprint density at radius 3 is 2.53 bits per heavy atom. The zero-order valence-corrected chi connectivity index (χ0v) is 27.8. The first-order valence-corrected chi connectivity index (χ1v) is 17.3. The number of amides is 2. The quantitative estimate of drug-likeness (QED) is 0.246. The Kier molecular flexibility index (Phi) is 9.85. The maximum atomic E-state index is 14.0. The number of fused-ring (bicyclic) bond motifs is 1. The fourth-order valence-electron chi connectivity index (χ4n) is 7.42. The molecule has 0 spiro atoms. The van der Waals surface area contributed by atoms with E-state index in [4.69, 9.17) is 4.74 Å². The molecule has 3 aromatic rings. The predicted molar refractivity (Wildman–Crippen MR) is 183 cm³/mol. The molecular formula is C38H48N4O5. The molecule has 1 unspecified atom stereocenters. The van der Waals surface area contributed by atoms with Gasteiger partial charge >= 0.3 is 0 Å². The van der Waals surface area contributed by atoms with E-state index in [1.165, 1.54) is 10.5 Å². The molecule has 2 amide bonds. The van der Waals surface area contributed by atoms with Crippen LogP contribution in [0.4, 0.5) is 5.69 Å². The Morgan fingerprint density at radius 2 is 1.83 bits per heavy atom. The summed E-state index contributed by atoms with van der Waals surface area (Å²) in [6.45, 7) is 7.34. The van der Waals surface area contributed by atoms with Gasteiger partial charge in [-0.1, -0.05) is 62.2 Å². The maximum absolute atomic E-state index is 14.0. The lowest BCUT2D eigenvalue weighted by atomic mass is 9.88. The molecule has 0 bridgehead atoms. The predicted octanol–water partition coefficient (Wildman–Crippen LogP) is 5.77. The first-order valence-electron chi connectivity index (χ1n) is 17.3. The van der Waals surface area contributed by atoms with E-state index in [0.717, 1.165) is 49.8 Å². The van der Waals surface area contributed by atoms with Crippen LogP contribution in [-0.4, -0.2) is 46.2 Å². The zero-order chi connectivity index (χ0) is 33.1. The van der Waals surface area contributed by atoms with Crippen LogP contribution in [0.25, 0.3) is 0 Å². The van der Waals surface area contributed by atoms with Crippen LogP contribution in [0.3, 0.4) is 0 Å².